The first-order valence-corrected chi connectivity index (χ1v) is 5.56. The molecule has 0 bridgehead atoms. The van der Waals surface area contributed by atoms with E-state index in [1.54, 1.807) is 6.07 Å². The number of hydrogen-bond donors (Lipinski definition) is 0. The van der Waals surface area contributed by atoms with Crippen LogP contribution < -0.4 is 4.74 Å². The molecule has 0 saturated carbocycles. The van der Waals surface area contributed by atoms with E-state index >= 15 is 0 Å². The van der Waals surface area contributed by atoms with E-state index in [1.807, 2.05) is 35.9 Å². The van der Waals surface area contributed by atoms with Gasteiger partial charge in [-0.25, -0.2) is 0 Å². The molecule has 1 heterocycles. The summed E-state index contributed by atoms with van der Waals surface area (Å²) in [4.78, 5) is 11.0. The molecule has 0 saturated heterocycles. The normalized spacial score (nSPS) is 10.7. The first-order chi connectivity index (χ1) is 8.22. The number of aromatic nitrogens is 1. The van der Waals surface area contributed by atoms with Crippen molar-refractivity contribution < 1.29 is 14.3 Å². The summed E-state index contributed by atoms with van der Waals surface area (Å²) in [5.41, 5.74) is 0.997. The van der Waals surface area contributed by atoms with Gasteiger partial charge in [0.1, 0.15) is 12.5 Å². The Morgan fingerprint density at radius 2 is 2.18 bits per heavy atom. The molecule has 0 aliphatic carbocycles. The highest BCUT2D eigenvalue weighted by atomic mass is 16.5. The smallest absolute Gasteiger partial charge is 0.308 e. The van der Waals surface area contributed by atoms with Gasteiger partial charge in [-0.15, -0.1) is 0 Å². The molecule has 2 aromatic rings. The lowest BCUT2D eigenvalue weighted by molar-refractivity contribution is -0.131. The Morgan fingerprint density at radius 1 is 1.35 bits per heavy atom. The number of carbonyl (C=O) groups is 1. The first-order valence-electron chi connectivity index (χ1n) is 5.56. The minimum Gasteiger partial charge on any atom is -0.426 e. The number of nitrogens with zero attached hydrogens (tertiary/aromatic N) is 1. The highest BCUT2D eigenvalue weighted by molar-refractivity contribution is 5.88. The summed E-state index contributed by atoms with van der Waals surface area (Å²) in [6.07, 6.45) is 1.92. The second-order valence-corrected chi connectivity index (χ2v) is 3.69. The van der Waals surface area contributed by atoms with Crippen LogP contribution in [0, 0.1) is 0 Å². The van der Waals surface area contributed by atoms with E-state index in [2.05, 4.69) is 0 Å². The first kappa shape index (κ1) is 11.7. The molecule has 0 amide bonds. The van der Waals surface area contributed by atoms with Crippen LogP contribution in [0.4, 0.5) is 0 Å². The Bertz CT molecular complexity index is 530. The molecule has 4 nitrogen and oxygen atoms in total. The van der Waals surface area contributed by atoms with Crippen LogP contribution in [-0.4, -0.2) is 17.1 Å². The van der Waals surface area contributed by atoms with Crippen LogP contribution in [0.5, 0.6) is 5.75 Å². The van der Waals surface area contributed by atoms with E-state index < -0.39 is 0 Å². The third-order valence-corrected chi connectivity index (χ3v) is 2.46. The van der Waals surface area contributed by atoms with E-state index in [4.69, 9.17) is 9.47 Å². The van der Waals surface area contributed by atoms with E-state index in [0.717, 1.165) is 10.9 Å². The van der Waals surface area contributed by atoms with Gasteiger partial charge in [-0.3, -0.25) is 4.79 Å². The lowest BCUT2D eigenvalue weighted by atomic mass is 10.2. The molecule has 0 fully saturated rings. The molecule has 1 aromatic heterocycles. The lowest BCUT2D eigenvalue weighted by Gasteiger charge is -2.06. The second kappa shape index (κ2) is 5.01. The highest BCUT2D eigenvalue weighted by Gasteiger charge is 2.07. The van der Waals surface area contributed by atoms with Crippen LogP contribution in [0.2, 0.25) is 0 Å². The molecular weight excluding hydrogens is 218 g/mol. The summed E-state index contributed by atoms with van der Waals surface area (Å²) in [5.74, 6) is 0.278. The minimum absolute atomic E-state index is 0.310. The molecular formula is C13H15NO3. The Hall–Kier alpha value is -1.81. The summed E-state index contributed by atoms with van der Waals surface area (Å²) >= 11 is 0. The zero-order chi connectivity index (χ0) is 12.3. The fourth-order valence-corrected chi connectivity index (χ4v) is 1.74. The van der Waals surface area contributed by atoms with Crippen molar-refractivity contribution in [3.63, 3.8) is 0 Å². The van der Waals surface area contributed by atoms with Gasteiger partial charge in [-0.05, 0) is 25.1 Å². The van der Waals surface area contributed by atoms with E-state index in [-0.39, 0.29) is 5.97 Å². The number of carbonyl (C=O) groups excluding carboxylic acids is 1. The van der Waals surface area contributed by atoms with Crippen LogP contribution in [0.3, 0.4) is 0 Å². The highest BCUT2D eigenvalue weighted by Crippen LogP contribution is 2.26. The molecule has 4 heteroatoms. The molecule has 2 rings (SSSR count). The van der Waals surface area contributed by atoms with Crippen molar-refractivity contribution in [3.8, 4) is 5.75 Å². The van der Waals surface area contributed by atoms with Crippen molar-refractivity contribution in [2.45, 2.75) is 20.6 Å². The van der Waals surface area contributed by atoms with Crippen LogP contribution >= 0.6 is 0 Å². The monoisotopic (exact) mass is 233 g/mol. The summed E-state index contributed by atoms with van der Waals surface area (Å²) in [7, 11) is 0. The molecule has 0 spiro atoms. The average molecular weight is 233 g/mol. The summed E-state index contributed by atoms with van der Waals surface area (Å²) in [5, 5.41) is 0.919. The molecule has 0 N–H and O–H groups in total. The van der Waals surface area contributed by atoms with Gasteiger partial charge in [-0.1, -0.05) is 6.07 Å². The van der Waals surface area contributed by atoms with Gasteiger partial charge < -0.3 is 14.0 Å². The fraction of sp³-hybridized carbons (Fsp3) is 0.308. The van der Waals surface area contributed by atoms with Crippen LogP contribution in [0.15, 0.2) is 30.5 Å². The topological polar surface area (TPSA) is 40.5 Å². The minimum atomic E-state index is -0.310. The maximum absolute atomic E-state index is 11.0. The quantitative estimate of drug-likeness (QED) is 0.602. The van der Waals surface area contributed by atoms with E-state index in [0.29, 0.717) is 19.1 Å². The largest absolute Gasteiger partial charge is 0.426 e. The average Bonchev–Trinajstić information content (AvgIpc) is 2.70. The van der Waals surface area contributed by atoms with Crippen molar-refractivity contribution in [2.24, 2.45) is 0 Å². The molecule has 0 unspecified atom stereocenters. The number of esters is 1. The van der Waals surface area contributed by atoms with Crippen molar-refractivity contribution >= 4 is 16.9 Å². The summed E-state index contributed by atoms with van der Waals surface area (Å²) in [6.45, 7) is 4.53. The van der Waals surface area contributed by atoms with Gasteiger partial charge in [0.25, 0.3) is 0 Å². The summed E-state index contributed by atoms with van der Waals surface area (Å²) < 4.78 is 12.5. The Morgan fingerprint density at radius 3 is 2.88 bits per heavy atom. The van der Waals surface area contributed by atoms with Gasteiger partial charge in [0.2, 0.25) is 0 Å². The Balaban J connectivity index is 2.38. The standard InChI is InChI=1S/C13H15NO3/c1-3-16-9-14-8-7-11-12(14)5-4-6-13(11)17-10(2)15/h4-8H,3,9H2,1-2H3. The molecule has 0 aliphatic rings. The van der Waals surface area contributed by atoms with Crippen molar-refractivity contribution in [2.75, 3.05) is 6.61 Å². The second-order valence-electron chi connectivity index (χ2n) is 3.69. The number of rotatable bonds is 4. The number of ether oxygens (including phenoxy) is 2. The van der Waals surface area contributed by atoms with Crippen molar-refractivity contribution in [1.29, 1.82) is 0 Å². The van der Waals surface area contributed by atoms with Gasteiger partial charge in [0.15, 0.2) is 0 Å². The number of benzene rings is 1. The maximum Gasteiger partial charge on any atom is 0.308 e. The Kier molecular flexibility index (Phi) is 3.44. The van der Waals surface area contributed by atoms with Crippen LogP contribution in [0.1, 0.15) is 13.8 Å². The van der Waals surface area contributed by atoms with E-state index in [1.165, 1.54) is 6.92 Å². The zero-order valence-electron chi connectivity index (χ0n) is 9.97. The van der Waals surface area contributed by atoms with Crippen LogP contribution in [-0.2, 0) is 16.3 Å². The molecule has 0 atom stereocenters. The van der Waals surface area contributed by atoms with Gasteiger partial charge in [0.05, 0.1) is 5.52 Å². The maximum atomic E-state index is 11.0. The summed E-state index contributed by atoms with van der Waals surface area (Å²) in [6, 6.07) is 7.55. The Labute approximate surface area is 99.7 Å². The van der Waals surface area contributed by atoms with E-state index in [9.17, 15) is 4.79 Å². The molecule has 0 radical (unpaired) electrons. The fourth-order valence-electron chi connectivity index (χ4n) is 1.74. The van der Waals surface area contributed by atoms with Gasteiger partial charge in [-0.2, -0.15) is 0 Å². The van der Waals surface area contributed by atoms with Gasteiger partial charge >= 0.3 is 5.97 Å². The van der Waals surface area contributed by atoms with Crippen LogP contribution in [0.25, 0.3) is 10.9 Å². The molecule has 90 valence electrons. The predicted octanol–water partition coefficient (Wildman–Crippen LogP) is 2.56. The lowest BCUT2D eigenvalue weighted by Crippen LogP contribution is -2.02. The molecule has 0 aliphatic heterocycles. The van der Waals surface area contributed by atoms with Crippen molar-refractivity contribution in [3.05, 3.63) is 30.5 Å². The molecule has 17 heavy (non-hydrogen) atoms. The van der Waals surface area contributed by atoms with Crippen molar-refractivity contribution in [1.82, 2.24) is 4.57 Å². The zero-order valence-corrected chi connectivity index (χ0v) is 9.97. The molecule has 1 aromatic carbocycles. The predicted molar refractivity (Wildman–Crippen MR) is 64.9 cm³/mol. The third kappa shape index (κ3) is 2.47. The van der Waals surface area contributed by atoms with Gasteiger partial charge in [0, 0.05) is 25.1 Å². The number of hydrogen-bond acceptors (Lipinski definition) is 3. The third-order valence-electron chi connectivity index (χ3n) is 2.46. The SMILES string of the molecule is CCOCn1ccc2c(OC(C)=O)cccc21. The number of fused-ring (bicyclic) bond motifs is 1.